The van der Waals surface area contributed by atoms with Crippen molar-refractivity contribution in [2.75, 3.05) is 13.2 Å². The summed E-state index contributed by atoms with van der Waals surface area (Å²) in [5, 5.41) is 2.73. The summed E-state index contributed by atoms with van der Waals surface area (Å²) in [6, 6.07) is 0.222. The Hall–Kier alpha value is -0.570. The van der Waals surface area contributed by atoms with E-state index in [9.17, 15) is 4.79 Å². The van der Waals surface area contributed by atoms with Gasteiger partial charge in [-0.15, -0.1) is 0 Å². The Morgan fingerprint density at radius 2 is 1.45 bits per heavy atom. The Morgan fingerprint density at radius 3 is 2.00 bits per heavy atom. The van der Waals surface area contributed by atoms with E-state index in [0.717, 1.165) is 26.0 Å². The maximum atomic E-state index is 10.2. The van der Waals surface area contributed by atoms with Crippen LogP contribution < -0.4 is 5.32 Å². The minimum Gasteiger partial charge on any atom is -0.381 e. The molecule has 0 aliphatic rings. The van der Waals surface area contributed by atoms with E-state index in [1.165, 1.54) is 64.2 Å². The molecule has 1 amide bonds. The van der Waals surface area contributed by atoms with E-state index in [2.05, 4.69) is 12.2 Å². The zero-order valence-electron chi connectivity index (χ0n) is 13.7. The van der Waals surface area contributed by atoms with Crippen molar-refractivity contribution in [2.24, 2.45) is 0 Å². The van der Waals surface area contributed by atoms with Crippen LogP contribution in [0.1, 0.15) is 84.5 Å². The first kappa shape index (κ1) is 19.4. The lowest BCUT2D eigenvalue weighted by Gasteiger charge is -2.10. The smallest absolute Gasteiger partial charge is 0.207 e. The largest absolute Gasteiger partial charge is 0.381 e. The lowest BCUT2D eigenvalue weighted by atomic mass is 10.1. The van der Waals surface area contributed by atoms with Crippen molar-refractivity contribution in [3.63, 3.8) is 0 Å². The second kappa shape index (κ2) is 16.5. The molecule has 0 spiro atoms. The van der Waals surface area contributed by atoms with E-state index in [4.69, 9.17) is 4.74 Å². The molecule has 20 heavy (non-hydrogen) atoms. The number of carbonyl (C=O) groups is 1. The van der Waals surface area contributed by atoms with Crippen LogP contribution in [-0.2, 0) is 9.53 Å². The Morgan fingerprint density at radius 1 is 0.900 bits per heavy atom. The molecule has 0 aromatic rings. The van der Waals surface area contributed by atoms with Crippen LogP contribution in [0.2, 0.25) is 0 Å². The highest BCUT2D eigenvalue weighted by Crippen LogP contribution is 2.10. The fourth-order valence-corrected chi connectivity index (χ4v) is 2.25. The molecule has 0 aromatic heterocycles. The van der Waals surface area contributed by atoms with E-state index in [1.54, 1.807) is 0 Å². The number of hydrogen-bond donors (Lipinski definition) is 1. The first-order valence-electron chi connectivity index (χ1n) is 8.58. The highest BCUT2D eigenvalue weighted by atomic mass is 16.5. The monoisotopic (exact) mass is 285 g/mol. The van der Waals surface area contributed by atoms with Crippen LogP contribution in [0.15, 0.2) is 0 Å². The third kappa shape index (κ3) is 15.5. The summed E-state index contributed by atoms with van der Waals surface area (Å²) in [5.41, 5.74) is 0. The maximum Gasteiger partial charge on any atom is 0.207 e. The van der Waals surface area contributed by atoms with Gasteiger partial charge in [0.05, 0.1) is 0 Å². The number of hydrogen-bond acceptors (Lipinski definition) is 2. The third-order valence-electron chi connectivity index (χ3n) is 3.69. The second-order valence-electron chi connectivity index (χ2n) is 5.77. The van der Waals surface area contributed by atoms with Crippen molar-refractivity contribution >= 4 is 6.41 Å². The maximum absolute atomic E-state index is 10.2. The minimum absolute atomic E-state index is 0.222. The quantitative estimate of drug-likeness (QED) is 0.336. The second-order valence-corrected chi connectivity index (χ2v) is 5.77. The van der Waals surface area contributed by atoms with Gasteiger partial charge in [-0.2, -0.15) is 0 Å². The van der Waals surface area contributed by atoms with Crippen LogP contribution in [0, 0.1) is 0 Å². The van der Waals surface area contributed by atoms with Gasteiger partial charge in [0.15, 0.2) is 0 Å². The van der Waals surface area contributed by atoms with E-state index in [-0.39, 0.29) is 6.04 Å². The average molecular weight is 285 g/mol. The van der Waals surface area contributed by atoms with E-state index < -0.39 is 0 Å². The molecule has 3 heteroatoms. The molecule has 0 rings (SSSR count). The first-order valence-corrected chi connectivity index (χ1v) is 8.58. The van der Waals surface area contributed by atoms with Gasteiger partial charge >= 0.3 is 0 Å². The van der Waals surface area contributed by atoms with Crippen molar-refractivity contribution in [3.8, 4) is 0 Å². The van der Waals surface area contributed by atoms with Crippen molar-refractivity contribution < 1.29 is 9.53 Å². The number of amides is 1. The van der Waals surface area contributed by atoms with Gasteiger partial charge in [-0.25, -0.2) is 0 Å². The SMILES string of the molecule is CCCCCCCCCCCCOCCC(C)NC=O. The van der Waals surface area contributed by atoms with Gasteiger partial charge in [0.25, 0.3) is 0 Å². The fourth-order valence-electron chi connectivity index (χ4n) is 2.25. The molecule has 0 aromatic carbocycles. The summed E-state index contributed by atoms with van der Waals surface area (Å²) in [5.74, 6) is 0. The van der Waals surface area contributed by atoms with Crippen molar-refractivity contribution in [2.45, 2.75) is 90.5 Å². The summed E-state index contributed by atoms with van der Waals surface area (Å²) in [4.78, 5) is 10.2. The Labute approximate surface area is 125 Å². The standard InChI is InChI=1S/C17H35NO2/c1-3-4-5-6-7-8-9-10-11-12-14-20-15-13-17(2)18-16-19/h16-17H,3-15H2,1-2H3,(H,18,19). The molecular formula is C17H35NO2. The molecule has 0 saturated carbocycles. The minimum atomic E-state index is 0.222. The topological polar surface area (TPSA) is 38.3 Å². The van der Waals surface area contributed by atoms with E-state index in [1.807, 2.05) is 6.92 Å². The van der Waals surface area contributed by atoms with Crippen LogP contribution in [0.5, 0.6) is 0 Å². The summed E-state index contributed by atoms with van der Waals surface area (Å²) in [6.45, 7) is 5.88. The van der Waals surface area contributed by atoms with Crippen LogP contribution in [0.25, 0.3) is 0 Å². The van der Waals surface area contributed by atoms with Gasteiger partial charge in [-0.05, 0) is 19.8 Å². The van der Waals surface area contributed by atoms with Crippen molar-refractivity contribution in [1.29, 1.82) is 0 Å². The van der Waals surface area contributed by atoms with Gasteiger partial charge in [0, 0.05) is 19.3 Å². The molecule has 1 atom stereocenters. The van der Waals surface area contributed by atoms with Gasteiger partial charge in [-0.1, -0.05) is 64.7 Å². The van der Waals surface area contributed by atoms with Crippen LogP contribution in [0.4, 0.5) is 0 Å². The summed E-state index contributed by atoms with van der Waals surface area (Å²) in [6.07, 6.45) is 15.2. The van der Waals surface area contributed by atoms with E-state index >= 15 is 0 Å². The van der Waals surface area contributed by atoms with Crippen LogP contribution in [-0.4, -0.2) is 25.7 Å². The first-order chi connectivity index (χ1) is 9.81. The predicted octanol–water partition coefficient (Wildman–Crippen LogP) is 4.45. The highest BCUT2D eigenvalue weighted by Gasteiger charge is 1.98. The molecule has 0 fully saturated rings. The predicted molar refractivity (Wildman–Crippen MR) is 85.9 cm³/mol. The van der Waals surface area contributed by atoms with Crippen molar-refractivity contribution in [1.82, 2.24) is 5.32 Å². The van der Waals surface area contributed by atoms with Crippen LogP contribution in [0.3, 0.4) is 0 Å². The highest BCUT2D eigenvalue weighted by molar-refractivity contribution is 5.46. The summed E-state index contributed by atoms with van der Waals surface area (Å²) in [7, 11) is 0. The van der Waals surface area contributed by atoms with E-state index in [0.29, 0.717) is 0 Å². The summed E-state index contributed by atoms with van der Waals surface area (Å²) >= 11 is 0. The fraction of sp³-hybridized carbons (Fsp3) is 0.941. The van der Waals surface area contributed by atoms with Crippen LogP contribution >= 0.6 is 0 Å². The molecule has 0 radical (unpaired) electrons. The molecule has 0 aliphatic heterocycles. The Kier molecular flexibility index (Phi) is 16.0. The average Bonchev–Trinajstić information content (AvgIpc) is 2.44. The number of nitrogens with one attached hydrogen (secondary N) is 1. The number of unbranched alkanes of at least 4 members (excludes halogenated alkanes) is 9. The molecular weight excluding hydrogens is 250 g/mol. The molecule has 0 saturated heterocycles. The lowest BCUT2D eigenvalue weighted by Crippen LogP contribution is -2.25. The Bertz CT molecular complexity index is 197. The molecule has 1 unspecified atom stereocenters. The zero-order valence-corrected chi connectivity index (χ0v) is 13.7. The molecule has 0 heterocycles. The Balaban J connectivity index is 3.01. The molecule has 3 nitrogen and oxygen atoms in total. The molecule has 120 valence electrons. The molecule has 0 aliphatic carbocycles. The zero-order chi connectivity index (χ0) is 14.9. The number of carbonyl (C=O) groups excluding carboxylic acids is 1. The lowest BCUT2D eigenvalue weighted by molar-refractivity contribution is -0.110. The normalized spacial score (nSPS) is 12.3. The van der Waals surface area contributed by atoms with Gasteiger partial charge < -0.3 is 10.1 Å². The van der Waals surface area contributed by atoms with Crippen molar-refractivity contribution in [3.05, 3.63) is 0 Å². The molecule has 1 N–H and O–H groups in total. The number of rotatable bonds is 16. The van der Waals surface area contributed by atoms with Gasteiger partial charge in [0.2, 0.25) is 6.41 Å². The van der Waals surface area contributed by atoms with Gasteiger partial charge in [-0.3, -0.25) is 4.79 Å². The number of ether oxygens (including phenoxy) is 1. The summed E-state index contributed by atoms with van der Waals surface area (Å²) < 4.78 is 5.57. The third-order valence-corrected chi connectivity index (χ3v) is 3.69. The molecule has 0 bridgehead atoms. The van der Waals surface area contributed by atoms with Gasteiger partial charge in [0.1, 0.15) is 0 Å².